The molecule has 0 aliphatic carbocycles. The highest BCUT2D eigenvalue weighted by Gasteiger charge is 2.05. The van der Waals surface area contributed by atoms with Gasteiger partial charge in [-0.25, -0.2) is 10.5 Å². The number of aromatic nitrogens is 3. The minimum absolute atomic E-state index is 0.137. The van der Waals surface area contributed by atoms with Gasteiger partial charge in [-0.2, -0.15) is 10.1 Å². The van der Waals surface area contributed by atoms with Crippen molar-refractivity contribution in [1.29, 1.82) is 0 Å². The van der Waals surface area contributed by atoms with Gasteiger partial charge in [-0.3, -0.25) is 4.79 Å². The molecule has 1 amide bonds. The molecule has 0 atom stereocenters. The molecule has 2 aromatic rings. The van der Waals surface area contributed by atoms with Crippen LogP contribution in [0, 0.1) is 0 Å². The Morgan fingerprint density at radius 2 is 2.19 bits per heavy atom. The second-order valence-electron chi connectivity index (χ2n) is 4.04. The Bertz CT molecular complexity index is 654. The van der Waals surface area contributed by atoms with Gasteiger partial charge in [0.25, 0.3) is 0 Å². The lowest BCUT2D eigenvalue weighted by molar-refractivity contribution is -0.115. The number of hydrogen-bond donors (Lipinski definition) is 3. The van der Waals surface area contributed by atoms with Gasteiger partial charge in [0.05, 0.1) is 11.5 Å². The highest BCUT2D eigenvalue weighted by molar-refractivity contribution is 9.10. The van der Waals surface area contributed by atoms with E-state index in [4.69, 9.17) is 5.73 Å². The predicted octanol–water partition coefficient (Wildman–Crippen LogP) is 1.98. The van der Waals surface area contributed by atoms with E-state index in [0.29, 0.717) is 11.1 Å². The number of halogens is 1. The molecule has 1 aromatic carbocycles. The molecule has 1 heterocycles. The summed E-state index contributed by atoms with van der Waals surface area (Å²) in [5, 5.41) is 11.3. The lowest BCUT2D eigenvalue weighted by Gasteiger charge is -2.01. The number of thioether (sulfide) groups is 1. The standard InChI is InChI=1S/C12H13BrN6OS/c1-7(8-2-4-9(13)5-3-8)16-17-11-15-12(19-18-11)21-6-10(14)20/h2-5H,6H2,1H3,(H2,14,20)(H2,15,17,18,19)/b16-7+. The van der Waals surface area contributed by atoms with Gasteiger partial charge >= 0.3 is 0 Å². The third kappa shape index (κ3) is 4.87. The normalized spacial score (nSPS) is 11.4. The van der Waals surface area contributed by atoms with Gasteiger partial charge in [-0.15, -0.1) is 5.10 Å². The second-order valence-corrected chi connectivity index (χ2v) is 5.90. The molecule has 9 heteroatoms. The maximum absolute atomic E-state index is 10.7. The first-order valence-electron chi connectivity index (χ1n) is 5.94. The Morgan fingerprint density at radius 1 is 1.48 bits per heavy atom. The van der Waals surface area contributed by atoms with Crippen molar-refractivity contribution < 1.29 is 4.79 Å². The molecule has 0 unspecified atom stereocenters. The number of rotatable bonds is 6. The van der Waals surface area contributed by atoms with Gasteiger partial charge < -0.3 is 5.73 Å². The first kappa shape index (κ1) is 15.5. The van der Waals surface area contributed by atoms with E-state index in [1.807, 2.05) is 31.2 Å². The fourth-order valence-corrected chi connectivity index (χ4v) is 2.19. The average molecular weight is 369 g/mol. The highest BCUT2D eigenvalue weighted by atomic mass is 79.9. The zero-order chi connectivity index (χ0) is 15.2. The van der Waals surface area contributed by atoms with Crippen molar-refractivity contribution in [1.82, 2.24) is 15.2 Å². The van der Waals surface area contributed by atoms with Crippen LogP contribution in [0.2, 0.25) is 0 Å². The van der Waals surface area contributed by atoms with E-state index >= 15 is 0 Å². The summed E-state index contributed by atoms with van der Waals surface area (Å²) in [6, 6.07) is 7.81. The number of aromatic amines is 1. The third-order valence-corrected chi connectivity index (χ3v) is 3.80. The van der Waals surface area contributed by atoms with Gasteiger partial charge in [0.15, 0.2) is 0 Å². The Kier molecular flexibility index (Phi) is 5.34. The van der Waals surface area contributed by atoms with Crippen LogP contribution in [-0.4, -0.2) is 32.6 Å². The van der Waals surface area contributed by atoms with Gasteiger partial charge in [0, 0.05) is 4.47 Å². The minimum Gasteiger partial charge on any atom is -0.369 e. The number of nitrogens with two attached hydrogens (primary N) is 1. The quantitative estimate of drug-likeness (QED) is 0.410. The molecule has 0 saturated carbocycles. The predicted molar refractivity (Wildman–Crippen MR) is 86.3 cm³/mol. The maximum Gasteiger partial charge on any atom is 0.240 e. The number of benzene rings is 1. The van der Waals surface area contributed by atoms with E-state index in [-0.39, 0.29) is 5.75 Å². The highest BCUT2D eigenvalue weighted by Crippen LogP contribution is 2.14. The summed E-state index contributed by atoms with van der Waals surface area (Å²) < 4.78 is 1.01. The summed E-state index contributed by atoms with van der Waals surface area (Å²) in [5.74, 6) is 0.125. The van der Waals surface area contributed by atoms with Crippen LogP contribution in [0.15, 0.2) is 39.0 Å². The van der Waals surface area contributed by atoms with Crippen LogP contribution < -0.4 is 11.2 Å². The molecule has 1 aromatic heterocycles. The number of hydrazone groups is 1. The zero-order valence-corrected chi connectivity index (χ0v) is 13.5. The minimum atomic E-state index is -0.414. The Balaban J connectivity index is 1.96. The van der Waals surface area contributed by atoms with Gasteiger partial charge in [-0.05, 0) is 24.6 Å². The molecule has 0 spiro atoms. The fourth-order valence-electron chi connectivity index (χ4n) is 1.39. The first-order valence-corrected chi connectivity index (χ1v) is 7.72. The molecule has 0 saturated heterocycles. The van der Waals surface area contributed by atoms with E-state index in [0.717, 1.165) is 27.5 Å². The molecule has 0 aliphatic rings. The van der Waals surface area contributed by atoms with E-state index in [1.54, 1.807) is 0 Å². The summed E-state index contributed by atoms with van der Waals surface area (Å²) in [5.41, 5.74) is 9.64. The number of amides is 1. The lowest BCUT2D eigenvalue weighted by Crippen LogP contribution is -2.13. The monoisotopic (exact) mass is 368 g/mol. The summed E-state index contributed by atoms with van der Waals surface area (Å²) in [6.45, 7) is 1.88. The molecular weight excluding hydrogens is 356 g/mol. The largest absolute Gasteiger partial charge is 0.369 e. The zero-order valence-electron chi connectivity index (χ0n) is 11.1. The molecule has 7 nitrogen and oxygen atoms in total. The average Bonchev–Trinajstić information content (AvgIpc) is 2.91. The Hall–Kier alpha value is -1.87. The van der Waals surface area contributed by atoms with Crippen LogP contribution in [0.5, 0.6) is 0 Å². The second kappa shape index (κ2) is 7.23. The number of nitrogens with zero attached hydrogens (tertiary/aromatic N) is 3. The molecular formula is C12H13BrN6OS. The van der Waals surface area contributed by atoms with E-state index in [1.165, 1.54) is 0 Å². The van der Waals surface area contributed by atoms with E-state index in [9.17, 15) is 4.79 Å². The smallest absolute Gasteiger partial charge is 0.240 e. The van der Waals surface area contributed by atoms with Crippen molar-refractivity contribution in [2.45, 2.75) is 12.1 Å². The number of carbonyl (C=O) groups is 1. The van der Waals surface area contributed by atoms with Crippen LogP contribution >= 0.6 is 27.7 Å². The Morgan fingerprint density at radius 3 is 2.86 bits per heavy atom. The molecule has 0 radical (unpaired) electrons. The van der Waals surface area contributed by atoms with Crippen LogP contribution in [0.4, 0.5) is 5.95 Å². The molecule has 0 fully saturated rings. The van der Waals surface area contributed by atoms with Crippen LogP contribution in [0.1, 0.15) is 12.5 Å². The summed E-state index contributed by atoms with van der Waals surface area (Å²) >= 11 is 4.54. The van der Waals surface area contributed by atoms with Crippen molar-refractivity contribution in [2.24, 2.45) is 10.8 Å². The summed E-state index contributed by atoms with van der Waals surface area (Å²) in [7, 11) is 0. The number of hydrogen-bond acceptors (Lipinski definition) is 6. The SMILES string of the molecule is C/C(=N\Nc1nc(SCC(N)=O)n[nH]1)c1ccc(Br)cc1. The number of carbonyl (C=O) groups excluding carboxylic acids is 1. The molecule has 4 N–H and O–H groups in total. The van der Waals surface area contributed by atoms with Crippen LogP contribution in [0.25, 0.3) is 0 Å². The fraction of sp³-hybridized carbons (Fsp3) is 0.167. The molecule has 0 bridgehead atoms. The molecule has 0 aliphatic heterocycles. The topological polar surface area (TPSA) is 109 Å². The van der Waals surface area contributed by atoms with Crippen molar-refractivity contribution in [3.8, 4) is 0 Å². The van der Waals surface area contributed by atoms with Crippen LogP contribution in [0.3, 0.4) is 0 Å². The van der Waals surface area contributed by atoms with Crippen molar-refractivity contribution in [2.75, 3.05) is 11.2 Å². The third-order valence-electron chi connectivity index (χ3n) is 2.40. The van der Waals surface area contributed by atoms with Gasteiger partial charge in [-0.1, -0.05) is 39.8 Å². The first-order chi connectivity index (χ1) is 10.0. The van der Waals surface area contributed by atoms with Crippen molar-refractivity contribution in [3.05, 3.63) is 34.3 Å². The molecule has 2 rings (SSSR count). The number of H-pyrrole nitrogens is 1. The van der Waals surface area contributed by atoms with Gasteiger partial charge in [0.2, 0.25) is 17.0 Å². The molecule has 110 valence electrons. The molecule has 21 heavy (non-hydrogen) atoms. The number of primary amides is 1. The number of nitrogens with one attached hydrogen (secondary N) is 2. The van der Waals surface area contributed by atoms with Crippen molar-refractivity contribution in [3.63, 3.8) is 0 Å². The van der Waals surface area contributed by atoms with E-state index < -0.39 is 5.91 Å². The van der Waals surface area contributed by atoms with Crippen molar-refractivity contribution >= 4 is 45.3 Å². The summed E-state index contributed by atoms with van der Waals surface area (Å²) in [4.78, 5) is 14.8. The van der Waals surface area contributed by atoms with E-state index in [2.05, 4.69) is 41.6 Å². The number of anilines is 1. The Labute approximate surface area is 133 Å². The van der Waals surface area contributed by atoms with Crippen LogP contribution in [-0.2, 0) is 4.79 Å². The maximum atomic E-state index is 10.7. The lowest BCUT2D eigenvalue weighted by atomic mass is 10.1. The van der Waals surface area contributed by atoms with Gasteiger partial charge in [0.1, 0.15) is 0 Å². The summed E-state index contributed by atoms with van der Waals surface area (Å²) in [6.07, 6.45) is 0.